The second kappa shape index (κ2) is 6.44. The molecular formula is C11H18N2O3S. The first kappa shape index (κ1) is 13.8. The minimum Gasteiger partial charge on any atom is -0.467 e. The molecule has 0 aliphatic heterocycles. The number of furan rings is 1. The van der Waals surface area contributed by atoms with Crippen LogP contribution in [-0.4, -0.2) is 40.2 Å². The summed E-state index contributed by atoms with van der Waals surface area (Å²) in [5, 5.41) is 2.73. The Morgan fingerprint density at radius 2 is 2.35 bits per heavy atom. The molecule has 6 heteroatoms. The summed E-state index contributed by atoms with van der Waals surface area (Å²) in [6, 6.07) is 3.32. The summed E-state index contributed by atoms with van der Waals surface area (Å²) in [7, 11) is 0.783. The van der Waals surface area contributed by atoms with Gasteiger partial charge in [0, 0.05) is 35.9 Å². The number of nitrogens with one attached hydrogen (secondary N) is 1. The van der Waals surface area contributed by atoms with Crippen LogP contribution in [0.4, 0.5) is 4.79 Å². The maximum Gasteiger partial charge on any atom is 0.317 e. The SMILES string of the molecule is C[C@H](C[S@](C)=O)N(C)C(=O)NCc1ccco1. The maximum atomic E-state index is 11.7. The van der Waals surface area contributed by atoms with Crippen molar-refractivity contribution < 1.29 is 13.4 Å². The van der Waals surface area contributed by atoms with E-state index in [9.17, 15) is 9.00 Å². The van der Waals surface area contributed by atoms with Crippen molar-refractivity contribution in [2.24, 2.45) is 0 Å². The van der Waals surface area contributed by atoms with Crippen LogP contribution in [0.2, 0.25) is 0 Å². The Bertz CT molecular complexity index is 378. The number of rotatable bonds is 5. The van der Waals surface area contributed by atoms with Gasteiger partial charge in [-0.1, -0.05) is 0 Å². The molecule has 2 atom stereocenters. The molecule has 1 aromatic heterocycles. The first-order chi connectivity index (χ1) is 8.00. The third-order valence-electron chi connectivity index (χ3n) is 2.45. The molecule has 0 saturated heterocycles. The maximum absolute atomic E-state index is 11.7. The predicted molar refractivity (Wildman–Crippen MR) is 67.1 cm³/mol. The molecule has 5 nitrogen and oxygen atoms in total. The minimum atomic E-state index is -0.906. The Labute approximate surface area is 104 Å². The monoisotopic (exact) mass is 258 g/mol. The van der Waals surface area contributed by atoms with E-state index in [1.165, 1.54) is 0 Å². The van der Waals surface area contributed by atoms with E-state index in [1.54, 1.807) is 36.6 Å². The number of hydrogen-bond donors (Lipinski definition) is 1. The number of carbonyl (C=O) groups is 1. The number of carbonyl (C=O) groups excluding carboxylic acids is 1. The van der Waals surface area contributed by atoms with Gasteiger partial charge in [0.2, 0.25) is 0 Å². The molecule has 0 radical (unpaired) electrons. The van der Waals surface area contributed by atoms with Crippen LogP contribution in [-0.2, 0) is 17.3 Å². The summed E-state index contributed by atoms with van der Waals surface area (Å²) in [6.45, 7) is 2.23. The van der Waals surface area contributed by atoms with Crippen molar-refractivity contribution in [2.45, 2.75) is 19.5 Å². The van der Waals surface area contributed by atoms with Crippen LogP contribution in [0, 0.1) is 0 Å². The van der Waals surface area contributed by atoms with Crippen LogP contribution < -0.4 is 5.32 Å². The number of hydrogen-bond acceptors (Lipinski definition) is 3. The smallest absolute Gasteiger partial charge is 0.317 e. The van der Waals surface area contributed by atoms with Gasteiger partial charge in [-0.15, -0.1) is 0 Å². The van der Waals surface area contributed by atoms with Gasteiger partial charge in [0.25, 0.3) is 0 Å². The van der Waals surface area contributed by atoms with E-state index in [1.807, 2.05) is 6.92 Å². The first-order valence-electron chi connectivity index (χ1n) is 5.33. The molecule has 96 valence electrons. The zero-order valence-electron chi connectivity index (χ0n) is 10.3. The van der Waals surface area contributed by atoms with Gasteiger partial charge in [-0.3, -0.25) is 4.21 Å². The van der Waals surface area contributed by atoms with Crippen LogP contribution in [0.3, 0.4) is 0 Å². The molecule has 1 heterocycles. The van der Waals surface area contributed by atoms with E-state index in [-0.39, 0.29) is 12.1 Å². The number of amides is 2. The highest BCUT2D eigenvalue weighted by Crippen LogP contribution is 2.01. The lowest BCUT2D eigenvalue weighted by Crippen LogP contribution is -2.44. The first-order valence-corrected chi connectivity index (χ1v) is 7.06. The third-order valence-corrected chi connectivity index (χ3v) is 3.40. The highest BCUT2D eigenvalue weighted by molar-refractivity contribution is 7.84. The molecule has 0 fully saturated rings. The molecule has 2 amide bonds. The molecule has 1 aromatic rings. The van der Waals surface area contributed by atoms with Gasteiger partial charge >= 0.3 is 6.03 Å². The van der Waals surface area contributed by atoms with Gasteiger partial charge in [-0.2, -0.15) is 0 Å². The fraction of sp³-hybridized carbons (Fsp3) is 0.545. The van der Waals surface area contributed by atoms with Crippen molar-refractivity contribution in [1.29, 1.82) is 0 Å². The zero-order chi connectivity index (χ0) is 12.8. The number of nitrogens with zero attached hydrogens (tertiary/aromatic N) is 1. The second-order valence-corrected chi connectivity index (χ2v) is 5.42. The lowest BCUT2D eigenvalue weighted by molar-refractivity contribution is 0.197. The number of urea groups is 1. The highest BCUT2D eigenvalue weighted by atomic mass is 32.2. The summed E-state index contributed by atoms with van der Waals surface area (Å²) in [6.07, 6.45) is 3.19. The van der Waals surface area contributed by atoms with E-state index < -0.39 is 10.8 Å². The molecule has 0 unspecified atom stereocenters. The van der Waals surface area contributed by atoms with E-state index in [0.29, 0.717) is 18.1 Å². The van der Waals surface area contributed by atoms with Crippen molar-refractivity contribution >= 4 is 16.8 Å². The zero-order valence-corrected chi connectivity index (χ0v) is 11.1. The van der Waals surface area contributed by atoms with Crippen molar-refractivity contribution in [1.82, 2.24) is 10.2 Å². The lowest BCUT2D eigenvalue weighted by Gasteiger charge is -2.24. The van der Waals surface area contributed by atoms with Crippen LogP contribution in [0.1, 0.15) is 12.7 Å². The van der Waals surface area contributed by atoms with Crippen LogP contribution in [0.5, 0.6) is 0 Å². The van der Waals surface area contributed by atoms with Crippen molar-refractivity contribution in [3.8, 4) is 0 Å². The molecule has 0 aliphatic carbocycles. The molecule has 0 spiro atoms. The van der Waals surface area contributed by atoms with Gasteiger partial charge in [-0.25, -0.2) is 4.79 Å². The molecule has 0 aromatic carbocycles. The summed E-state index contributed by atoms with van der Waals surface area (Å²) in [5.41, 5.74) is 0. The van der Waals surface area contributed by atoms with Crippen LogP contribution in [0.25, 0.3) is 0 Å². The Balaban J connectivity index is 2.38. The Kier molecular flexibility index (Phi) is 5.21. The average Bonchev–Trinajstić information content (AvgIpc) is 2.76. The quantitative estimate of drug-likeness (QED) is 0.863. The molecular weight excluding hydrogens is 240 g/mol. The molecule has 0 aliphatic rings. The van der Waals surface area contributed by atoms with Gasteiger partial charge in [0.05, 0.1) is 12.8 Å². The second-order valence-electron chi connectivity index (χ2n) is 3.94. The summed E-state index contributed by atoms with van der Waals surface area (Å²) in [5.74, 6) is 1.18. The van der Waals surface area contributed by atoms with Gasteiger partial charge in [0.15, 0.2) is 0 Å². The fourth-order valence-electron chi connectivity index (χ4n) is 1.35. The summed E-state index contributed by atoms with van der Waals surface area (Å²) >= 11 is 0. The summed E-state index contributed by atoms with van der Waals surface area (Å²) in [4.78, 5) is 13.3. The average molecular weight is 258 g/mol. The Hall–Kier alpha value is -1.30. The molecule has 0 bridgehead atoms. The standard InChI is InChI=1S/C11H18N2O3S/c1-9(8-17(3)15)13(2)11(14)12-7-10-5-4-6-16-10/h4-6,9H,7-8H2,1-3H3,(H,12,14)/t9-,17+/m1/s1. The summed E-state index contributed by atoms with van der Waals surface area (Å²) < 4.78 is 16.2. The Morgan fingerprint density at radius 1 is 1.65 bits per heavy atom. The highest BCUT2D eigenvalue weighted by Gasteiger charge is 2.16. The van der Waals surface area contributed by atoms with Gasteiger partial charge in [0.1, 0.15) is 5.76 Å². The van der Waals surface area contributed by atoms with Crippen molar-refractivity contribution in [2.75, 3.05) is 19.1 Å². The normalized spacial score (nSPS) is 14.1. The van der Waals surface area contributed by atoms with E-state index in [0.717, 1.165) is 0 Å². The van der Waals surface area contributed by atoms with E-state index in [2.05, 4.69) is 5.32 Å². The van der Waals surface area contributed by atoms with Crippen molar-refractivity contribution in [3.05, 3.63) is 24.2 Å². The van der Waals surface area contributed by atoms with Crippen LogP contribution >= 0.6 is 0 Å². The lowest BCUT2D eigenvalue weighted by atomic mass is 10.3. The van der Waals surface area contributed by atoms with Gasteiger partial charge in [-0.05, 0) is 19.1 Å². The fourth-order valence-corrected chi connectivity index (χ4v) is 2.26. The van der Waals surface area contributed by atoms with Gasteiger partial charge < -0.3 is 14.6 Å². The molecule has 1 rings (SSSR count). The Morgan fingerprint density at radius 3 is 2.88 bits per heavy atom. The predicted octanol–water partition coefficient (Wildman–Crippen LogP) is 1.19. The third kappa shape index (κ3) is 4.60. The van der Waals surface area contributed by atoms with Crippen molar-refractivity contribution in [3.63, 3.8) is 0 Å². The van der Waals surface area contributed by atoms with Crippen LogP contribution in [0.15, 0.2) is 22.8 Å². The largest absolute Gasteiger partial charge is 0.467 e. The topological polar surface area (TPSA) is 62.6 Å². The minimum absolute atomic E-state index is 0.0579. The molecule has 1 N–H and O–H groups in total. The molecule has 17 heavy (non-hydrogen) atoms. The van der Waals surface area contributed by atoms with E-state index >= 15 is 0 Å². The van der Waals surface area contributed by atoms with E-state index in [4.69, 9.17) is 4.42 Å². The molecule has 0 saturated carbocycles.